The fraction of sp³-hybridized carbons (Fsp3) is 0.174. The summed E-state index contributed by atoms with van der Waals surface area (Å²) in [5.41, 5.74) is 2.62. The lowest BCUT2D eigenvalue weighted by Crippen LogP contribution is -2.07. The zero-order chi connectivity index (χ0) is 22.9. The lowest BCUT2D eigenvalue weighted by molar-refractivity contribution is 0.0526. The van der Waals surface area contributed by atoms with E-state index in [1.807, 2.05) is 12.1 Å². The molecule has 9 nitrogen and oxygen atoms in total. The maximum Gasteiger partial charge on any atom is 0.341 e. The van der Waals surface area contributed by atoms with E-state index >= 15 is 0 Å². The van der Waals surface area contributed by atoms with Crippen LogP contribution in [0.3, 0.4) is 0 Å². The van der Waals surface area contributed by atoms with Gasteiger partial charge in [-0.05, 0) is 45.3 Å². The number of nitrogens with zero attached hydrogens (tertiary/aromatic N) is 6. The molecule has 0 bridgehead atoms. The highest BCUT2D eigenvalue weighted by Gasteiger charge is 2.20. The van der Waals surface area contributed by atoms with Crippen LogP contribution in [0.4, 0.5) is 0 Å². The van der Waals surface area contributed by atoms with Gasteiger partial charge in [0.05, 0.1) is 32.0 Å². The topological polar surface area (TPSA) is 96.9 Å². The molecule has 10 heteroatoms. The molecular formula is C23H19BrN6O3. The van der Waals surface area contributed by atoms with Gasteiger partial charge in [-0.2, -0.15) is 15.2 Å². The third-order valence-electron chi connectivity index (χ3n) is 5.14. The van der Waals surface area contributed by atoms with Crippen LogP contribution in [0, 0.1) is 0 Å². The fourth-order valence-electron chi connectivity index (χ4n) is 3.62. The second-order valence-corrected chi connectivity index (χ2v) is 8.01. The van der Waals surface area contributed by atoms with Gasteiger partial charge in [0, 0.05) is 6.20 Å². The van der Waals surface area contributed by atoms with E-state index in [-0.39, 0.29) is 12.6 Å². The van der Waals surface area contributed by atoms with E-state index in [1.165, 1.54) is 22.5 Å². The molecule has 3 aromatic heterocycles. The van der Waals surface area contributed by atoms with Crippen molar-refractivity contribution < 1.29 is 14.3 Å². The Morgan fingerprint density at radius 1 is 1.12 bits per heavy atom. The summed E-state index contributed by atoms with van der Waals surface area (Å²) >= 11 is 3.51. The first-order valence-corrected chi connectivity index (χ1v) is 11.0. The van der Waals surface area contributed by atoms with Crippen molar-refractivity contribution in [1.29, 1.82) is 0 Å². The summed E-state index contributed by atoms with van der Waals surface area (Å²) in [5, 5.41) is 11.2. The molecule has 0 atom stereocenters. The minimum absolute atomic E-state index is 0.251. The highest BCUT2D eigenvalue weighted by atomic mass is 79.9. The maximum atomic E-state index is 12.0. The van der Waals surface area contributed by atoms with Crippen molar-refractivity contribution in [2.24, 2.45) is 0 Å². The smallest absolute Gasteiger partial charge is 0.341 e. The van der Waals surface area contributed by atoms with Crippen molar-refractivity contribution in [2.45, 2.75) is 13.5 Å². The SMILES string of the molecule is CCOC(=O)c1cnn(-c2nc(OC)c3c(n2)c(Br)nn3Cc2ccc3ccccc3c2)c1. The van der Waals surface area contributed by atoms with Crippen molar-refractivity contribution in [2.75, 3.05) is 13.7 Å². The van der Waals surface area contributed by atoms with Crippen molar-refractivity contribution in [3.8, 4) is 11.8 Å². The molecule has 0 saturated carbocycles. The fourth-order valence-corrected chi connectivity index (χ4v) is 4.09. The van der Waals surface area contributed by atoms with E-state index in [0.29, 0.717) is 33.6 Å². The molecule has 0 fully saturated rings. The number of benzene rings is 2. The Balaban J connectivity index is 1.55. The van der Waals surface area contributed by atoms with Crippen LogP contribution in [0.15, 0.2) is 59.5 Å². The first kappa shape index (κ1) is 21.1. The predicted octanol–water partition coefficient (Wildman–Crippen LogP) is 4.16. The number of carbonyl (C=O) groups excluding carboxylic acids is 1. The number of ether oxygens (including phenoxy) is 2. The molecule has 166 valence electrons. The average Bonchev–Trinajstić information content (AvgIpc) is 3.44. The van der Waals surface area contributed by atoms with Crippen molar-refractivity contribution >= 4 is 43.7 Å². The highest BCUT2D eigenvalue weighted by molar-refractivity contribution is 9.10. The van der Waals surface area contributed by atoms with Gasteiger partial charge < -0.3 is 9.47 Å². The molecule has 0 amide bonds. The standard InChI is InChI=1S/C23H19BrN6O3/c1-3-33-22(31)17-11-25-30(13-17)23-26-18-19(21(27-23)32-2)29(28-20(18)24)12-14-8-9-15-6-4-5-7-16(15)10-14/h4-11,13H,3,12H2,1-2H3. The third-order valence-corrected chi connectivity index (χ3v) is 5.67. The number of esters is 1. The summed E-state index contributed by atoms with van der Waals surface area (Å²) in [4.78, 5) is 21.1. The van der Waals surface area contributed by atoms with Crippen LogP contribution < -0.4 is 4.74 Å². The third kappa shape index (κ3) is 3.93. The molecule has 3 heterocycles. The summed E-state index contributed by atoms with van der Waals surface area (Å²) in [7, 11) is 1.54. The molecule has 33 heavy (non-hydrogen) atoms. The number of fused-ring (bicyclic) bond motifs is 2. The molecular weight excluding hydrogens is 488 g/mol. The second kappa shape index (κ2) is 8.62. The summed E-state index contributed by atoms with van der Waals surface area (Å²) in [6.07, 6.45) is 2.93. The molecule has 5 rings (SSSR count). The minimum atomic E-state index is -0.457. The Morgan fingerprint density at radius 2 is 1.94 bits per heavy atom. The summed E-state index contributed by atoms with van der Waals surface area (Å²) in [6, 6.07) is 14.5. The van der Waals surface area contributed by atoms with Gasteiger partial charge in [0.25, 0.3) is 5.95 Å². The van der Waals surface area contributed by atoms with Gasteiger partial charge in [0.15, 0.2) is 10.1 Å². The number of halogens is 1. The molecule has 0 aliphatic rings. The maximum absolute atomic E-state index is 12.0. The average molecular weight is 507 g/mol. The Morgan fingerprint density at radius 3 is 2.73 bits per heavy atom. The monoisotopic (exact) mass is 506 g/mol. The van der Waals surface area contributed by atoms with Crippen molar-refractivity contribution in [3.63, 3.8) is 0 Å². The normalized spacial score (nSPS) is 11.2. The molecule has 0 aliphatic heterocycles. The molecule has 0 spiro atoms. The van der Waals surface area contributed by atoms with Crippen molar-refractivity contribution in [1.82, 2.24) is 29.5 Å². The Bertz CT molecular complexity index is 1490. The van der Waals surface area contributed by atoms with Gasteiger partial charge in [0.1, 0.15) is 5.52 Å². The Labute approximate surface area is 197 Å². The van der Waals surface area contributed by atoms with Gasteiger partial charge in [0.2, 0.25) is 5.88 Å². The molecule has 5 aromatic rings. The summed E-state index contributed by atoms with van der Waals surface area (Å²) < 4.78 is 14.4. The van der Waals surface area contributed by atoms with Crippen LogP contribution in [0.5, 0.6) is 5.88 Å². The van der Waals surface area contributed by atoms with Crippen LogP contribution in [0.2, 0.25) is 0 Å². The summed E-state index contributed by atoms with van der Waals surface area (Å²) in [6.45, 7) is 2.54. The highest BCUT2D eigenvalue weighted by Crippen LogP contribution is 2.30. The van der Waals surface area contributed by atoms with Crippen LogP contribution in [0.25, 0.3) is 27.8 Å². The van der Waals surface area contributed by atoms with Gasteiger partial charge in [-0.1, -0.05) is 36.4 Å². The molecule has 2 aromatic carbocycles. The number of methoxy groups -OCH3 is 1. The molecule has 0 radical (unpaired) electrons. The summed E-state index contributed by atoms with van der Waals surface area (Å²) in [5.74, 6) is 0.143. The number of carbonyl (C=O) groups is 1. The zero-order valence-corrected chi connectivity index (χ0v) is 19.5. The number of hydrogen-bond acceptors (Lipinski definition) is 7. The van der Waals surface area contributed by atoms with Crippen LogP contribution in [0.1, 0.15) is 22.8 Å². The van der Waals surface area contributed by atoms with E-state index in [1.54, 1.807) is 18.7 Å². The van der Waals surface area contributed by atoms with Gasteiger partial charge >= 0.3 is 5.97 Å². The first-order chi connectivity index (χ1) is 16.1. The Hall–Kier alpha value is -3.79. The molecule has 0 N–H and O–H groups in total. The van der Waals surface area contributed by atoms with Gasteiger partial charge in [-0.15, -0.1) is 0 Å². The van der Waals surface area contributed by atoms with Gasteiger partial charge in [-0.25, -0.2) is 14.5 Å². The quantitative estimate of drug-likeness (QED) is 0.319. The lowest BCUT2D eigenvalue weighted by atomic mass is 10.1. The predicted molar refractivity (Wildman–Crippen MR) is 126 cm³/mol. The largest absolute Gasteiger partial charge is 0.479 e. The molecule has 0 aliphatic carbocycles. The molecule has 0 saturated heterocycles. The number of aromatic nitrogens is 6. The van der Waals surface area contributed by atoms with Crippen molar-refractivity contribution in [3.05, 3.63) is 70.6 Å². The second-order valence-electron chi connectivity index (χ2n) is 7.25. The van der Waals surface area contributed by atoms with E-state index in [4.69, 9.17) is 9.47 Å². The van der Waals surface area contributed by atoms with Crippen LogP contribution in [-0.4, -0.2) is 49.2 Å². The zero-order valence-electron chi connectivity index (χ0n) is 17.9. The molecule has 0 unspecified atom stereocenters. The van der Waals surface area contributed by atoms with E-state index in [9.17, 15) is 4.79 Å². The van der Waals surface area contributed by atoms with Crippen LogP contribution in [-0.2, 0) is 11.3 Å². The Kier molecular flexibility index (Phi) is 5.51. The van der Waals surface area contributed by atoms with E-state index < -0.39 is 5.97 Å². The van der Waals surface area contributed by atoms with Crippen LogP contribution >= 0.6 is 15.9 Å². The first-order valence-electron chi connectivity index (χ1n) is 10.2. The number of hydrogen-bond donors (Lipinski definition) is 0. The van der Waals surface area contributed by atoms with E-state index in [2.05, 4.69) is 66.4 Å². The van der Waals surface area contributed by atoms with E-state index in [0.717, 1.165) is 10.9 Å². The number of rotatable bonds is 6. The van der Waals surface area contributed by atoms with Gasteiger partial charge in [-0.3, -0.25) is 4.68 Å². The lowest BCUT2D eigenvalue weighted by Gasteiger charge is -2.09. The minimum Gasteiger partial charge on any atom is -0.479 e.